The van der Waals surface area contributed by atoms with Crippen molar-refractivity contribution in [2.45, 2.75) is 19.3 Å². The molecule has 1 aliphatic heterocycles. The number of carbonyl (C=O) groups is 1. The molecule has 25 heavy (non-hydrogen) atoms. The number of aromatic hydroxyl groups is 1. The van der Waals surface area contributed by atoms with Crippen LogP contribution in [0, 0.1) is 5.92 Å². The lowest BCUT2D eigenvalue weighted by atomic mass is 9.92. The Kier molecular flexibility index (Phi) is 6.73. The molecule has 1 saturated heterocycles. The Morgan fingerprint density at radius 3 is 2.52 bits per heavy atom. The maximum absolute atomic E-state index is 12.1. The summed E-state index contributed by atoms with van der Waals surface area (Å²) in [6, 6.07) is 2.78. The Morgan fingerprint density at radius 1 is 1.32 bits per heavy atom. The number of benzene rings is 1. The summed E-state index contributed by atoms with van der Waals surface area (Å²) in [5.41, 5.74) is 0.342. The van der Waals surface area contributed by atoms with Crippen molar-refractivity contribution in [3.05, 3.63) is 34.2 Å². The van der Waals surface area contributed by atoms with Gasteiger partial charge in [-0.3, -0.25) is 4.79 Å². The topological polar surface area (TPSA) is 86.7 Å². The minimum absolute atomic E-state index is 0.0181. The molecule has 1 aromatic carbocycles. The van der Waals surface area contributed by atoms with E-state index in [1.165, 1.54) is 16.4 Å². The standard InChI is InChI=1S/C16H20Cl2N2O4S/c1-2-25(23,24)20-5-3-11(4-6-20)7-12(21)10-19-15-8-13(17)14(18)9-16(15)22/h2,8-9,11,19,22H,1,3-7,10H2. The predicted molar refractivity (Wildman–Crippen MR) is 99.7 cm³/mol. The minimum atomic E-state index is -3.38. The molecule has 0 unspecified atom stereocenters. The van der Waals surface area contributed by atoms with Crippen molar-refractivity contribution in [2.24, 2.45) is 5.92 Å². The van der Waals surface area contributed by atoms with Gasteiger partial charge in [-0.15, -0.1) is 0 Å². The van der Waals surface area contributed by atoms with Crippen molar-refractivity contribution in [3.63, 3.8) is 0 Å². The van der Waals surface area contributed by atoms with Gasteiger partial charge in [0.1, 0.15) is 5.75 Å². The summed E-state index contributed by atoms with van der Waals surface area (Å²) in [5, 5.41) is 14.1. The van der Waals surface area contributed by atoms with Crippen LogP contribution in [0.1, 0.15) is 19.3 Å². The summed E-state index contributed by atoms with van der Waals surface area (Å²) in [6.07, 6.45) is 1.63. The Balaban J connectivity index is 1.82. The number of Topliss-reactive ketones (excluding diaryl/α,β-unsaturated/α-hetero) is 1. The van der Waals surface area contributed by atoms with Crippen LogP contribution in [0.2, 0.25) is 10.0 Å². The van der Waals surface area contributed by atoms with Crippen LogP contribution in [0.4, 0.5) is 5.69 Å². The molecule has 9 heteroatoms. The molecule has 0 aliphatic carbocycles. The fraction of sp³-hybridized carbons (Fsp3) is 0.438. The normalized spacial score (nSPS) is 16.6. The minimum Gasteiger partial charge on any atom is -0.506 e. The number of piperidine rings is 1. The average molecular weight is 407 g/mol. The molecule has 0 bridgehead atoms. The Morgan fingerprint density at radius 2 is 1.92 bits per heavy atom. The number of hydrogen-bond acceptors (Lipinski definition) is 5. The maximum atomic E-state index is 12.1. The monoisotopic (exact) mass is 406 g/mol. The van der Waals surface area contributed by atoms with Crippen molar-refractivity contribution in [1.29, 1.82) is 0 Å². The SMILES string of the molecule is C=CS(=O)(=O)N1CCC(CC(=O)CNc2cc(Cl)c(Cl)cc2O)CC1. The van der Waals surface area contributed by atoms with Crippen LogP contribution in [0.15, 0.2) is 24.1 Å². The molecule has 2 N–H and O–H groups in total. The fourth-order valence-electron chi connectivity index (χ4n) is 2.74. The molecule has 1 aliphatic rings. The van der Waals surface area contributed by atoms with E-state index in [0.29, 0.717) is 38.0 Å². The zero-order valence-electron chi connectivity index (χ0n) is 13.5. The highest BCUT2D eigenvalue weighted by atomic mass is 35.5. The van der Waals surface area contributed by atoms with E-state index in [0.717, 1.165) is 5.41 Å². The van der Waals surface area contributed by atoms with Gasteiger partial charge in [-0.1, -0.05) is 29.8 Å². The summed E-state index contributed by atoms with van der Waals surface area (Å²) >= 11 is 11.7. The van der Waals surface area contributed by atoms with Gasteiger partial charge in [0.15, 0.2) is 5.78 Å². The van der Waals surface area contributed by atoms with Gasteiger partial charge in [0.2, 0.25) is 10.0 Å². The van der Waals surface area contributed by atoms with E-state index in [1.807, 2.05) is 0 Å². The summed E-state index contributed by atoms with van der Waals surface area (Å²) in [6.45, 7) is 4.16. The quantitative estimate of drug-likeness (QED) is 0.678. The first-order valence-electron chi connectivity index (χ1n) is 7.79. The lowest BCUT2D eigenvalue weighted by Gasteiger charge is -2.29. The molecule has 0 amide bonds. The molecular formula is C16H20Cl2N2O4S. The molecule has 0 saturated carbocycles. The second-order valence-electron chi connectivity index (χ2n) is 5.93. The van der Waals surface area contributed by atoms with Crippen LogP contribution in [0.25, 0.3) is 0 Å². The number of phenolic OH excluding ortho intramolecular Hbond substituents is 1. The number of ketones is 1. The molecular weight excluding hydrogens is 387 g/mol. The number of nitrogens with zero attached hydrogens (tertiary/aromatic N) is 1. The van der Waals surface area contributed by atoms with Crippen LogP contribution in [-0.2, 0) is 14.8 Å². The first-order valence-corrected chi connectivity index (χ1v) is 10.0. The molecule has 0 spiro atoms. The average Bonchev–Trinajstić information content (AvgIpc) is 2.57. The van der Waals surface area contributed by atoms with Crippen LogP contribution < -0.4 is 5.32 Å². The fourth-order valence-corrected chi connectivity index (χ4v) is 3.99. The van der Waals surface area contributed by atoms with E-state index < -0.39 is 10.0 Å². The van der Waals surface area contributed by atoms with E-state index in [4.69, 9.17) is 23.2 Å². The van der Waals surface area contributed by atoms with Crippen molar-refractivity contribution < 1.29 is 18.3 Å². The van der Waals surface area contributed by atoms with Crippen LogP contribution in [0.3, 0.4) is 0 Å². The molecule has 0 atom stereocenters. The third-order valence-electron chi connectivity index (χ3n) is 4.17. The number of carbonyl (C=O) groups excluding carboxylic acids is 1. The zero-order valence-corrected chi connectivity index (χ0v) is 15.9. The summed E-state index contributed by atoms with van der Waals surface area (Å²) in [5.74, 6) is 0.0496. The van der Waals surface area contributed by atoms with Crippen molar-refractivity contribution in [3.8, 4) is 5.75 Å². The molecule has 6 nitrogen and oxygen atoms in total. The van der Waals surface area contributed by atoms with Crippen LogP contribution >= 0.6 is 23.2 Å². The van der Waals surface area contributed by atoms with Gasteiger partial charge < -0.3 is 10.4 Å². The Bertz CT molecular complexity index is 760. The molecule has 0 aromatic heterocycles. The summed E-state index contributed by atoms with van der Waals surface area (Å²) in [7, 11) is -3.38. The molecule has 1 heterocycles. The lowest BCUT2D eigenvalue weighted by molar-refractivity contribution is -0.118. The van der Waals surface area contributed by atoms with E-state index >= 15 is 0 Å². The Hall–Kier alpha value is -1.28. The van der Waals surface area contributed by atoms with Crippen molar-refractivity contribution >= 4 is 44.7 Å². The first-order chi connectivity index (χ1) is 11.7. The van der Waals surface area contributed by atoms with Crippen LogP contribution in [0.5, 0.6) is 5.75 Å². The van der Waals surface area contributed by atoms with Gasteiger partial charge in [-0.2, -0.15) is 4.31 Å². The number of nitrogens with one attached hydrogen (secondary N) is 1. The number of sulfonamides is 1. The molecule has 1 aromatic rings. The molecule has 2 rings (SSSR count). The third-order valence-corrected chi connectivity index (χ3v) is 6.40. The second kappa shape index (κ2) is 8.40. The number of rotatable bonds is 7. The van der Waals surface area contributed by atoms with E-state index in [-0.39, 0.29) is 34.0 Å². The van der Waals surface area contributed by atoms with E-state index in [2.05, 4.69) is 11.9 Å². The van der Waals surface area contributed by atoms with Gasteiger partial charge in [0, 0.05) is 31.0 Å². The first kappa shape index (κ1) is 20.0. The Labute approximate surface area is 157 Å². The lowest BCUT2D eigenvalue weighted by Crippen LogP contribution is -2.38. The van der Waals surface area contributed by atoms with Gasteiger partial charge in [-0.25, -0.2) is 8.42 Å². The smallest absolute Gasteiger partial charge is 0.235 e. The number of phenols is 1. The van der Waals surface area contributed by atoms with E-state index in [1.54, 1.807) is 0 Å². The van der Waals surface area contributed by atoms with Crippen LogP contribution in [-0.4, -0.2) is 43.2 Å². The molecule has 0 radical (unpaired) electrons. The predicted octanol–water partition coefficient (Wildman–Crippen LogP) is 3.26. The number of hydrogen-bond donors (Lipinski definition) is 2. The highest BCUT2D eigenvalue weighted by molar-refractivity contribution is 7.92. The highest BCUT2D eigenvalue weighted by Gasteiger charge is 2.27. The molecule has 138 valence electrons. The van der Waals surface area contributed by atoms with Gasteiger partial charge in [-0.05, 0) is 24.8 Å². The summed E-state index contributed by atoms with van der Waals surface area (Å²) < 4.78 is 24.8. The van der Waals surface area contributed by atoms with Gasteiger partial charge in [0.05, 0.1) is 22.3 Å². The second-order valence-corrected chi connectivity index (χ2v) is 8.63. The number of anilines is 1. The number of halogens is 2. The zero-order chi connectivity index (χ0) is 18.6. The summed E-state index contributed by atoms with van der Waals surface area (Å²) in [4.78, 5) is 12.1. The highest BCUT2D eigenvalue weighted by Crippen LogP contribution is 2.33. The van der Waals surface area contributed by atoms with E-state index in [9.17, 15) is 18.3 Å². The van der Waals surface area contributed by atoms with Crippen molar-refractivity contribution in [2.75, 3.05) is 25.0 Å². The molecule has 1 fully saturated rings. The van der Waals surface area contributed by atoms with Crippen molar-refractivity contribution in [1.82, 2.24) is 4.31 Å². The van der Waals surface area contributed by atoms with Gasteiger partial charge >= 0.3 is 0 Å². The van der Waals surface area contributed by atoms with Gasteiger partial charge in [0.25, 0.3) is 0 Å². The largest absolute Gasteiger partial charge is 0.506 e. The third kappa shape index (κ3) is 5.34. The maximum Gasteiger partial charge on any atom is 0.235 e.